The molecule has 88 valence electrons. The molecule has 16 heavy (non-hydrogen) atoms. The molecule has 1 saturated carbocycles. The van der Waals surface area contributed by atoms with Crippen LogP contribution in [0.2, 0.25) is 0 Å². The van der Waals surface area contributed by atoms with E-state index in [1.807, 2.05) is 30.3 Å². The summed E-state index contributed by atoms with van der Waals surface area (Å²) in [6.07, 6.45) is 2.47. The maximum atomic E-state index is 11.6. The van der Waals surface area contributed by atoms with Crippen LogP contribution in [0.5, 0.6) is 0 Å². The number of hydrogen-bond acceptors (Lipinski definition) is 2. The Morgan fingerprint density at radius 2 is 2.00 bits per heavy atom. The summed E-state index contributed by atoms with van der Waals surface area (Å²) in [5.41, 5.74) is 6.70. The molecule has 0 radical (unpaired) electrons. The Morgan fingerprint density at radius 3 is 2.56 bits per heavy atom. The third-order valence-corrected chi connectivity index (χ3v) is 2.70. The fourth-order valence-electron chi connectivity index (χ4n) is 1.49. The van der Waals surface area contributed by atoms with Crippen molar-refractivity contribution >= 4 is 18.3 Å². The SMILES string of the molecule is Cl.NC(C(=O)NCC1CC1)c1ccccc1. The van der Waals surface area contributed by atoms with E-state index >= 15 is 0 Å². The topological polar surface area (TPSA) is 55.1 Å². The molecule has 1 amide bonds. The summed E-state index contributed by atoms with van der Waals surface area (Å²) in [6, 6.07) is 8.92. The second-order valence-corrected chi connectivity index (χ2v) is 4.08. The lowest BCUT2D eigenvalue weighted by molar-refractivity contribution is -0.122. The first-order valence-corrected chi connectivity index (χ1v) is 5.35. The summed E-state index contributed by atoms with van der Waals surface area (Å²) in [4.78, 5) is 11.6. The first-order chi connectivity index (χ1) is 7.27. The number of halogens is 1. The van der Waals surface area contributed by atoms with E-state index in [0.717, 1.165) is 12.1 Å². The minimum Gasteiger partial charge on any atom is -0.354 e. The minimum absolute atomic E-state index is 0. The van der Waals surface area contributed by atoms with Gasteiger partial charge in [-0.3, -0.25) is 4.79 Å². The molecular weight excluding hydrogens is 224 g/mol. The molecule has 0 bridgehead atoms. The van der Waals surface area contributed by atoms with Gasteiger partial charge in [-0.05, 0) is 24.3 Å². The van der Waals surface area contributed by atoms with Crippen molar-refractivity contribution in [2.45, 2.75) is 18.9 Å². The molecule has 0 heterocycles. The van der Waals surface area contributed by atoms with Gasteiger partial charge in [0.15, 0.2) is 0 Å². The Bertz CT molecular complexity index is 338. The third kappa shape index (κ3) is 3.51. The maximum absolute atomic E-state index is 11.6. The van der Waals surface area contributed by atoms with Crippen molar-refractivity contribution < 1.29 is 4.79 Å². The van der Waals surface area contributed by atoms with Crippen molar-refractivity contribution in [3.8, 4) is 0 Å². The van der Waals surface area contributed by atoms with Gasteiger partial charge in [0.25, 0.3) is 0 Å². The van der Waals surface area contributed by atoms with Gasteiger partial charge >= 0.3 is 0 Å². The molecule has 0 aliphatic heterocycles. The van der Waals surface area contributed by atoms with Gasteiger partial charge in [-0.25, -0.2) is 0 Å². The second kappa shape index (κ2) is 5.87. The first-order valence-electron chi connectivity index (χ1n) is 5.35. The van der Waals surface area contributed by atoms with Gasteiger partial charge in [0.05, 0.1) is 0 Å². The zero-order valence-electron chi connectivity index (χ0n) is 9.06. The summed E-state index contributed by atoms with van der Waals surface area (Å²) in [5, 5.41) is 2.88. The number of amides is 1. The normalized spacial score (nSPS) is 16.1. The zero-order chi connectivity index (χ0) is 10.7. The average molecular weight is 241 g/mol. The Kier molecular flexibility index (Phi) is 4.77. The van der Waals surface area contributed by atoms with Crippen LogP contribution in [0.15, 0.2) is 30.3 Å². The van der Waals surface area contributed by atoms with Gasteiger partial charge in [0.1, 0.15) is 6.04 Å². The van der Waals surface area contributed by atoms with Crippen LogP contribution in [-0.2, 0) is 4.79 Å². The molecule has 0 aromatic heterocycles. The molecule has 1 fully saturated rings. The smallest absolute Gasteiger partial charge is 0.241 e. The van der Waals surface area contributed by atoms with E-state index in [1.54, 1.807) is 0 Å². The van der Waals surface area contributed by atoms with E-state index in [2.05, 4.69) is 5.32 Å². The van der Waals surface area contributed by atoms with E-state index in [4.69, 9.17) is 5.73 Å². The Labute approximate surface area is 102 Å². The predicted octanol–water partition coefficient (Wildman–Crippen LogP) is 1.63. The highest BCUT2D eigenvalue weighted by Gasteiger charge is 2.23. The molecular formula is C12H17ClN2O. The summed E-state index contributed by atoms with van der Waals surface area (Å²) >= 11 is 0. The molecule has 1 aromatic carbocycles. The van der Waals surface area contributed by atoms with Crippen LogP contribution in [0.25, 0.3) is 0 Å². The average Bonchev–Trinajstić information content (AvgIpc) is 3.10. The van der Waals surface area contributed by atoms with Crippen LogP contribution >= 0.6 is 12.4 Å². The molecule has 1 aliphatic carbocycles. The lowest BCUT2D eigenvalue weighted by atomic mass is 10.1. The number of carbonyl (C=O) groups is 1. The molecule has 1 atom stereocenters. The van der Waals surface area contributed by atoms with Crippen LogP contribution in [0, 0.1) is 5.92 Å². The standard InChI is InChI=1S/C12H16N2O.ClH/c13-11(10-4-2-1-3-5-10)12(15)14-8-9-6-7-9;/h1-5,9,11H,6-8,13H2,(H,14,15);1H. The molecule has 1 aliphatic rings. The van der Waals surface area contributed by atoms with E-state index in [0.29, 0.717) is 5.92 Å². The highest BCUT2D eigenvalue weighted by atomic mass is 35.5. The predicted molar refractivity (Wildman–Crippen MR) is 66.4 cm³/mol. The van der Waals surface area contributed by atoms with E-state index in [9.17, 15) is 4.79 Å². The number of nitrogens with two attached hydrogens (primary N) is 1. The monoisotopic (exact) mass is 240 g/mol. The van der Waals surface area contributed by atoms with Crippen molar-refractivity contribution in [3.63, 3.8) is 0 Å². The highest BCUT2D eigenvalue weighted by molar-refractivity contribution is 5.85. The molecule has 3 nitrogen and oxygen atoms in total. The van der Waals surface area contributed by atoms with Crippen molar-refractivity contribution in [1.29, 1.82) is 0 Å². The Hall–Kier alpha value is -1.06. The van der Waals surface area contributed by atoms with Crippen molar-refractivity contribution in [1.82, 2.24) is 5.32 Å². The minimum atomic E-state index is -0.537. The molecule has 1 aromatic rings. The summed E-state index contributed by atoms with van der Waals surface area (Å²) in [5.74, 6) is 0.616. The lowest BCUT2D eigenvalue weighted by Crippen LogP contribution is -2.35. The van der Waals surface area contributed by atoms with Gasteiger partial charge in [0.2, 0.25) is 5.91 Å². The molecule has 1 unspecified atom stereocenters. The van der Waals surface area contributed by atoms with Gasteiger partial charge in [-0.2, -0.15) is 0 Å². The third-order valence-electron chi connectivity index (χ3n) is 2.70. The van der Waals surface area contributed by atoms with Crippen LogP contribution in [0.3, 0.4) is 0 Å². The van der Waals surface area contributed by atoms with Crippen LogP contribution in [0.1, 0.15) is 24.4 Å². The molecule has 2 rings (SSSR count). The summed E-state index contributed by atoms with van der Waals surface area (Å²) < 4.78 is 0. The van der Waals surface area contributed by atoms with Crippen molar-refractivity contribution in [3.05, 3.63) is 35.9 Å². The molecule has 4 heteroatoms. The number of benzene rings is 1. The van der Waals surface area contributed by atoms with Crippen molar-refractivity contribution in [2.24, 2.45) is 11.7 Å². The fraction of sp³-hybridized carbons (Fsp3) is 0.417. The number of nitrogens with one attached hydrogen (secondary N) is 1. The quantitative estimate of drug-likeness (QED) is 0.841. The summed E-state index contributed by atoms with van der Waals surface area (Å²) in [6.45, 7) is 0.777. The zero-order valence-corrected chi connectivity index (χ0v) is 9.87. The number of carbonyl (C=O) groups excluding carboxylic acids is 1. The van der Waals surface area contributed by atoms with Gasteiger partial charge < -0.3 is 11.1 Å². The largest absolute Gasteiger partial charge is 0.354 e. The van der Waals surface area contributed by atoms with Crippen LogP contribution < -0.4 is 11.1 Å². The maximum Gasteiger partial charge on any atom is 0.241 e. The van der Waals surface area contributed by atoms with Crippen LogP contribution in [-0.4, -0.2) is 12.5 Å². The van der Waals surface area contributed by atoms with E-state index in [-0.39, 0.29) is 18.3 Å². The molecule has 0 spiro atoms. The van der Waals surface area contributed by atoms with Gasteiger partial charge in [-0.1, -0.05) is 30.3 Å². The highest BCUT2D eigenvalue weighted by Crippen LogP contribution is 2.27. The number of hydrogen-bond donors (Lipinski definition) is 2. The van der Waals surface area contributed by atoms with Crippen LogP contribution in [0.4, 0.5) is 0 Å². The fourth-order valence-corrected chi connectivity index (χ4v) is 1.49. The number of rotatable bonds is 4. The second-order valence-electron chi connectivity index (χ2n) is 4.08. The molecule has 3 N–H and O–H groups in total. The van der Waals surface area contributed by atoms with Gasteiger partial charge in [0, 0.05) is 6.54 Å². The molecule has 0 saturated heterocycles. The van der Waals surface area contributed by atoms with E-state index < -0.39 is 6.04 Å². The van der Waals surface area contributed by atoms with Crippen molar-refractivity contribution in [2.75, 3.05) is 6.54 Å². The Balaban J connectivity index is 0.00000128. The first kappa shape index (κ1) is 13.0. The van der Waals surface area contributed by atoms with Gasteiger partial charge in [-0.15, -0.1) is 12.4 Å². The van der Waals surface area contributed by atoms with E-state index in [1.165, 1.54) is 12.8 Å². The summed E-state index contributed by atoms with van der Waals surface area (Å²) in [7, 11) is 0. The Morgan fingerprint density at radius 1 is 1.38 bits per heavy atom. The lowest BCUT2D eigenvalue weighted by Gasteiger charge is -2.11.